The van der Waals surface area contributed by atoms with Crippen LogP contribution in [0.3, 0.4) is 0 Å². The van der Waals surface area contributed by atoms with Crippen molar-refractivity contribution in [3.05, 3.63) is 30.6 Å². The molecule has 88 valence electrons. The molecule has 0 saturated carbocycles. The van der Waals surface area contributed by atoms with Gasteiger partial charge in [-0.2, -0.15) is 5.10 Å². The highest BCUT2D eigenvalue weighted by Crippen LogP contribution is 2.22. The highest BCUT2D eigenvalue weighted by atomic mass is 19.1. The highest BCUT2D eigenvalue weighted by Gasteiger charge is 2.22. The smallest absolute Gasteiger partial charge is 0.128 e. The molecule has 17 heavy (non-hydrogen) atoms. The molecule has 1 aliphatic heterocycles. The molecule has 1 saturated heterocycles. The molecule has 2 aromatic rings. The summed E-state index contributed by atoms with van der Waals surface area (Å²) in [7, 11) is 0. The summed E-state index contributed by atoms with van der Waals surface area (Å²) in [6.45, 7) is 1.20. The molecule has 0 radical (unpaired) electrons. The van der Waals surface area contributed by atoms with Crippen molar-refractivity contribution >= 4 is 5.82 Å². The Hall–Kier alpha value is -1.91. The van der Waals surface area contributed by atoms with Crippen LogP contribution < -0.4 is 4.90 Å². The first-order valence-electron chi connectivity index (χ1n) is 5.68. The van der Waals surface area contributed by atoms with Crippen LogP contribution in [0, 0.1) is 0 Å². The average molecular weight is 232 g/mol. The van der Waals surface area contributed by atoms with Gasteiger partial charge >= 0.3 is 0 Å². The number of halogens is 1. The quantitative estimate of drug-likeness (QED) is 0.861. The van der Waals surface area contributed by atoms with Gasteiger partial charge < -0.3 is 4.90 Å². The summed E-state index contributed by atoms with van der Waals surface area (Å²) in [6.07, 6.45) is 3.37. The van der Waals surface area contributed by atoms with Gasteiger partial charge in [0.25, 0.3) is 0 Å². The van der Waals surface area contributed by atoms with Crippen LogP contribution in [0.2, 0.25) is 0 Å². The highest BCUT2D eigenvalue weighted by molar-refractivity contribution is 5.59. The summed E-state index contributed by atoms with van der Waals surface area (Å²) in [5, 5.41) is 6.78. The Morgan fingerprint density at radius 1 is 1.35 bits per heavy atom. The SMILES string of the molecule is F[C@@H]1CCN(c2ccc(-c3ccn[nH]3)cn2)C1. The summed E-state index contributed by atoms with van der Waals surface area (Å²) >= 11 is 0. The predicted octanol–water partition coefficient (Wildman–Crippen LogP) is 2.02. The zero-order chi connectivity index (χ0) is 11.7. The van der Waals surface area contributed by atoms with Crippen molar-refractivity contribution in [2.45, 2.75) is 12.6 Å². The summed E-state index contributed by atoms with van der Waals surface area (Å²) in [5.74, 6) is 0.841. The van der Waals surface area contributed by atoms with E-state index in [1.54, 1.807) is 12.4 Å². The molecule has 1 N–H and O–H groups in total. The molecule has 2 aromatic heterocycles. The molecule has 1 atom stereocenters. The number of pyridine rings is 1. The number of rotatable bonds is 2. The summed E-state index contributed by atoms with van der Waals surface area (Å²) in [6, 6.07) is 5.79. The molecule has 0 bridgehead atoms. The van der Waals surface area contributed by atoms with Crippen molar-refractivity contribution in [2.24, 2.45) is 0 Å². The van der Waals surface area contributed by atoms with E-state index in [4.69, 9.17) is 0 Å². The average Bonchev–Trinajstić information content (AvgIpc) is 3.00. The monoisotopic (exact) mass is 232 g/mol. The molecule has 0 aliphatic carbocycles. The number of aromatic nitrogens is 3. The maximum Gasteiger partial charge on any atom is 0.128 e. The van der Waals surface area contributed by atoms with Crippen LogP contribution in [-0.2, 0) is 0 Å². The molecule has 0 unspecified atom stereocenters. The van der Waals surface area contributed by atoms with E-state index in [-0.39, 0.29) is 0 Å². The van der Waals surface area contributed by atoms with Crippen LogP contribution in [0.15, 0.2) is 30.6 Å². The topological polar surface area (TPSA) is 44.8 Å². The lowest BCUT2D eigenvalue weighted by Crippen LogP contribution is -2.20. The van der Waals surface area contributed by atoms with Crippen LogP contribution in [0.1, 0.15) is 6.42 Å². The number of aromatic amines is 1. The summed E-state index contributed by atoms with van der Waals surface area (Å²) in [4.78, 5) is 6.34. The Kier molecular flexibility index (Phi) is 2.51. The molecule has 3 heterocycles. The lowest BCUT2D eigenvalue weighted by Gasteiger charge is -2.16. The zero-order valence-corrected chi connectivity index (χ0v) is 9.31. The number of alkyl halides is 1. The Bertz CT molecular complexity index is 480. The van der Waals surface area contributed by atoms with Gasteiger partial charge in [-0.15, -0.1) is 0 Å². The van der Waals surface area contributed by atoms with Gasteiger partial charge in [0.15, 0.2) is 0 Å². The first-order chi connectivity index (χ1) is 8.33. The number of hydrogen-bond donors (Lipinski definition) is 1. The van der Waals surface area contributed by atoms with Gasteiger partial charge in [-0.3, -0.25) is 5.10 Å². The Balaban J connectivity index is 1.81. The third kappa shape index (κ3) is 2.00. The van der Waals surface area contributed by atoms with Crippen LogP contribution >= 0.6 is 0 Å². The molecule has 0 amide bonds. The molecule has 5 heteroatoms. The third-order valence-corrected chi connectivity index (χ3v) is 3.01. The van der Waals surface area contributed by atoms with Crippen LogP contribution in [0.5, 0.6) is 0 Å². The van der Waals surface area contributed by atoms with E-state index >= 15 is 0 Å². The van der Waals surface area contributed by atoms with Gasteiger partial charge in [-0.1, -0.05) is 0 Å². The number of nitrogens with one attached hydrogen (secondary N) is 1. The first-order valence-corrected chi connectivity index (χ1v) is 5.68. The second kappa shape index (κ2) is 4.16. The van der Waals surface area contributed by atoms with E-state index in [9.17, 15) is 4.39 Å². The maximum absolute atomic E-state index is 13.1. The first kappa shape index (κ1) is 10.3. The fourth-order valence-electron chi connectivity index (χ4n) is 2.07. The van der Waals surface area contributed by atoms with Crippen molar-refractivity contribution in [2.75, 3.05) is 18.0 Å². The lowest BCUT2D eigenvalue weighted by atomic mass is 10.2. The van der Waals surface area contributed by atoms with Gasteiger partial charge in [-0.25, -0.2) is 9.37 Å². The maximum atomic E-state index is 13.1. The Morgan fingerprint density at radius 2 is 2.29 bits per heavy atom. The molecule has 1 fully saturated rings. The van der Waals surface area contributed by atoms with E-state index in [2.05, 4.69) is 15.2 Å². The minimum Gasteiger partial charge on any atom is -0.354 e. The molecule has 3 rings (SSSR count). The summed E-state index contributed by atoms with van der Waals surface area (Å²) < 4.78 is 13.1. The lowest BCUT2D eigenvalue weighted by molar-refractivity contribution is 0.364. The van der Waals surface area contributed by atoms with Crippen molar-refractivity contribution in [3.63, 3.8) is 0 Å². The number of nitrogens with zero attached hydrogens (tertiary/aromatic N) is 3. The number of hydrogen-bond acceptors (Lipinski definition) is 3. The van der Waals surface area contributed by atoms with Gasteiger partial charge in [0.2, 0.25) is 0 Å². The fourth-order valence-corrected chi connectivity index (χ4v) is 2.07. The standard InChI is InChI=1S/C12H13FN4/c13-10-4-6-17(8-10)12-2-1-9(7-14-12)11-3-5-15-16-11/h1-3,5,7,10H,4,6,8H2,(H,15,16)/t10-/m1/s1. The van der Waals surface area contributed by atoms with E-state index in [0.717, 1.165) is 23.6 Å². The van der Waals surface area contributed by atoms with Crippen LogP contribution in [-0.4, -0.2) is 34.4 Å². The van der Waals surface area contributed by atoms with Crippen LogP contribution in [0.25, 0.3) is 11.3 Å². The largest absolute Gasteiger partial charge is 0.354 e. The van der Waals surface area contributed by atoms with Crippen molar-refractivity contribution in [3.8, 4) is 11.3 Å². The molecule has 0 aromatic carbocycles. The molecule has 1 aliphatic rings. The van der Waals surface area contributed by atoms with Crippen molar-refractivity contribution < 1.29 is 4.39 Å². The van der Waals surface area contributed by atoms with Gasteiger partial charge in [-0.05, 0) is 24.6 Å². The summed E-state index contributed by atoms with van der Waals surface area (Å²) in [5.41, 5.74) is 1.93. The van der Waals surface area contributed by atoms with Crippen LogP contribution in [0.4, 0.5) is 10.2 Å². The van der Waals surface area contributed by atoms with Crippen molar-refractivity contribution in [1.82, 2.24) is 15.2 Å². The van der Waals surface area contributed by atoms with Gasteiger partial charge in [0, 0.05) is 24.5 Å². The number of H-pyrrole nitrogens is 1. The fraction of sp³-hybridized carbons (Fsp3) is 0.333. The van der Waals surface area contributed by atoms with E-state index in [0.29, 0.717) is 13.0 Å². The van der Waals surface area contributed by atoms with E-state index in [1.165, 1.54) is 0 Å². The second-order valence-electron chi connectivity index (χ2n) is 4.21. The molecular weight excluding hydrogens is 219 g/mol. The van der Waals surface area contributed by atoms with Gasteiger partial charge in [0.05, 0.1) is 12.2 Å². The minimum absolute atomic E-state index is 0.455. The molecular formula is C12H13FN4. The molecule has 0 spiro atoms. The predicted molar refractivity (Wildman–Crippen MR) is 63.5 cm³/mol. The molecule has 4 nitrogen and oxygen atoms in total. The van der Waals surface area contributed by atoms with Gasteiger partial charge in [0.1, 0.15) is 12.0 Å². The van der Waals surface area contributed by atoms with E-state index in [1.807, 2.05) is 23.1 Å². The Labute approximate surface area is 98.5 Å². The Morgan fingerprint density at radius 3 is 2.88 bits per heavy atom. The normalized spacial score (nSPS) is 19.8. The van der Waals surface area contributed by atoms with Crippen molar-refractivity contribution in [1.29, 1.82) is 0 Å². The second-order valence-corrected chi connectivity index (χ2v) is 4.21. The zero-order valence-electron chi connectivity index (χ0n) is 9.31. The third-order valence-electron chi connectivity index (χ3n) is 3.01. The number of anilines is 1. The van der Waals surface area contributed by atoms with E-state index < -0.39 is 6.17 Å². The minimum atomic E-state index is -0.718.